The normalized spacial score (nSPS) is 12.1. The molecule has 0 bridgehead atoms. The fraction of sp³-hybridized carbons (Fsp3) is 0.560. The number of hydrogen-bond donors (Lipinski definition) is 0. The van der Waals surface area contributed by atoms with E-state index in [1.54, 1.807) is 0 Å². The second-order valence-corrected chi connectivity index (χ2v) is 7.45. The zero-order valence-electron chi connectivity index (χ0n) is 18.0. The molecule has 0 amide bonds. The average Bonchev–Trinajstić information content (AvgIpc) is 3.20. The number of furan rings is 1. The lowest BCUT2D eigenvalue weighted by Gasteiger charge is -2.13. The minimum atomic E-state index is -0.305. The van der Waals surface area contributed by atoms with Gasteiger partial charge in [-0.2, -0.15) is 0 Å². The maximum Gasteiger partial charge on any atom is 0.316 e. The number of esters is 1. The summed E-state index contributed by atoms with van der Waals surface area (Å²) < 4.78 is 17.0. The van der Waals surface area contributed by atoms with Crippen molar-refractivity contribution in [2.24, 2.45) is 0 Å². The summed E-state index contributed by atoms with van der Waals surface area (Å²) in [5.74, 6) is 1.09. The van der Waals surface area contributed by atoms with E-state index < -0.39 is 0 Å². The summed E-state index contributed by atoms with van der Waals surface area (Å²) in [6, 6.07) is 14.0. The molecule has 4 heteroatoms. The molecule has 0 spiro atoms. The van der Waals surface area contributed by atoms with Crippen molar-refractivity contribution in [3.05, 3.63) is 59.5 Å². The number of carbonyl (C=O) groups excluding carboxylic acids is 1. The van der Waals surface area contributed by atoms with Crippen LogP contribution in [0.15, 0.2) is 46.9 Å². The number of carbonyl (C=O) groups is 1. The smallest absolute Gasteiger partial charge is 0.316 e. The molecule has 0 aliphatic carbocycles. The molecule has 4 nitrogen and oxygen atoms in total. The Bertz CT molecular complexity index is 677. The third kappa shape index (κ3) is 8.86. The lowest BCUT2D eigenvalue weighted by molar-refractivity contribution is -0.145. The van der Waals surface area contributed by atoms with E-state index in [-0.39, 0.29) is 11.9 Å². The SMILES string of the molecule is CCCCCCCCC(C(=O)OCC)c1ccc(CCOCc2ccccc2)o1. The first-order valence-electron chi connectivity index (χ1n) is 11.1. The van der Waals surface area contributed by atoms with Gasteiger partial charge in [0.15, 0.2) is 0 Å². The molecule has 2 rings (SSSR count). The van der Waals surface area contributed by atoms with Gasteiger partial charge in [0, 0.05) is 6.42 Å². The highest BCUT2D eigenvalue weighted by Gasteiger charge is 2.25. The number of benzene rings is 1. The molecule has 0 saturated heterocycles. The van der Waals surface area contributed by atoms with Crippen LogP contribution in [0.2, 0.25) is 0 Å². The summed E-state index contributed by atoms with van der Waals surface area (Å²) in [7, 11) is 0. The Balaban J connectivity index is 1.80. The minimum absolute atomic E-state index is 0.178. The highest BCUT2D eigenvalue weighted by molar-refractivity contribution is 5.77. The summed E-state index contributed by atoms with van der Waals surface area (Å²) in [5, 5.41) is 0. The lowest BCUT2D eigenvalue weighted by Crippen LogP contribution is -2.15. The van der Waals surface area contributed by atoms with Gasteiger partial charge in [0.2, 0.25) is 0 Å². The molecule has 1 unspecified atom stereocenters. The van der Waals surface area contributed by atoms with Gasteiger partial charge in [-0.1, -0.05) is 75.8 Å². The van der Waals surface area contributed by atoms with Crippen molar-refractivity contribution in [1.29, 1.82) is 0 Å². The predicted molar refractivity (Wildman–Crippen MR) is 116 cm³/mol. The van der Waals surface area contributed by atoms with Gasteiger partial charge in [-0.05, 0) is 31.0 Å². The standard InChI is InChI=1S/C25H36O4/c1-3-5-6-7-8-12-15-23(25(26)28-4-2)24-17-16-22(29-24)18-19-27-20-21-13-10-9-11-14-21/h9-11,13-14,16-17,23H,3-8,12,15,18-20H2,1-2H3. The van der Waals surface area contributed by atoms with E-state index >= 15 is 0 Å². The van der Waals surface area contributed by atoms with Crippen LogP contribution in [0.5, 0.6) is 0 Å². The fourth-order valence-electron chi connectivity index (χ4n) is 3.40. The molecule has 1 heterocycles. The lowest BCUT2D eigenvalue weighted by atomic mass is 9.98. The molecule has 1 aromatic heterocycles. The van der Waals surface area contributed by atoms with Crippen molar-refractivity contribution in [2.75, 3.05) is 13.2 Å². The van der Waals surface area contributed by atoms with Crippen LogP contribution >= 0.6 is 0 Å². The van der Waals surface area contributed by atoms with Crippen molar-refractivity contribution in [3.8, 4) is 0 Å². The summed E-state index contributed by atoms with van der Waals surface area (Å²) in [6.07, 6.45) is 8.67. The van der Waals surface area contributed by atoms with Gasteiger partial charge >= 0.3 is 5.97 Å². The molecular formula is C25H36O4. The van der Waals surface area contributed by atoms with Crippen LogP contribution in [0, 0.1) is 0 Å². The van der Waals surface area contributed by atoms with Gasteiger partial charge in [-0.25, -0.2) is 0 Å². The molecule has 0 N–H and O–H groups in total. The largest absolute Gasteiger partial charge is 0.465 e. The highest BCUT2D eigenvalue weighted by atomic mass is 16.5. The van der Waals surface area contributed by atoms with E-state index in [1.165, 1.54) is 25.7 Å². The van der Waals surface area contributed by atoms with E-state index in [4.69, 9.17) is 13.9 Å². The second kappa shape index (κ2) is 14.0. The average molecular weight is 401 g/mol. The molecule has 2 aromatic rings. The number of ether oxygens (including phenoxy) is 2. The number of hydrogen-bond acceptors (Lipinski definition) is 4. The number of rotatable bonds is 15. The molecule has 0 fully saturated rings. The van der Waals surface area contributed by atoms with Crippen molar-refractivity contribution in [2.45, 2.75) is 77.7 Å². The van der Waals surface area contributed by atoms with Gasteiger partial charge < -0.3 is 13.9 Å². The molecule has 0 aliphatic heterocycles. The molecule has 0 radical (unpaired) electrons. The van der Waals surface area contributed by atoms with Crippen LogP contribution in [0.4, 0.5) is 0 Å². The first-order chi connectivity index (χ1) is 14.2. The molecule has 0 aliphatic rings. The Hall–Kier alpha value is -2.07. The van der Waals surface area contributed by atoms with Crippen LogP contribution in [0.1, 0.15) is 81.8 Å². The van der Waals surface area contributed by atoms with Crippen molar-refractivity contribution >= 4 is 5.97 Å². The van der Waals surface area contributed by atoms with Crippen LogP contribution < -0.4 is 0 Å². The molecule has 1 aromatic carbocycles. The Labute approximate surface area is 175 Å². The number of unbranched alkanes of at least 4 members (excludes halogenated alkanes) is 5. The van der Waals surface area contributed by atoms with Crippen LogP contribution in [0.3, 0.4) is 0 Å². The van der Waals surface area contributed by atoms with E-state index in [9.17, 15) is 4.79 Å². The van der Waals surface area contributed by atoms with Crippen molar-refractivity contribution < 1.29 is 18.7 Å². The highest BCUT2D eigenvalue weighted by Crippen LogP contribution is 2.27. The Morgan fingerprint density at radius 1 is 0.966 bits per heavy atom. The Morgan fingerprint density at radius 3 is 2.48 bits per heavy atom. The summed E-state index contributed by atoms with van der Waals surface area (Å²) in [6.45, 7) is 5.64. The Kier molecular flexibility index (Phi) is 11.2. The summed E-state index contributed by atoms with van der Waals surface area (Å²) >= 11 is 0. The molecule has 29 heavy (non-hydrogen) atoms. The van der Waals surface area contributed by atoms with Gasteiger partial charge in [-0.3, -0.25) is 4.79 Å². The second-order valence-electron chi connectivity index (χ2n) is 7.45. The zero-order valence-corrected chi connectivity index (χ0v) is 18.0. The topological polar surface area (TPSA) is 48.7 Å². The molecule has 0 saturated carbocycles. The maximum atomic E-state index is 12.4. The van der Waals surface area contributed by atoms with Crippen molar-refractivity contribution in [1.82, 2.24) is 0 Å². The zero-order chi connectivity index (χ0) is 20.7. The minimum Gasteiger partial charge on any atom is -0.465 e. The van der Waals surface area contributed by atoms with E-state index in [2.05, 4.69) is 19.1 Å². The summed E-state index contributed by atoms with van der Waals surface area (Å²) in [4.78, 5) is 12.4. The predicted octanol–water partition coefficient (Wildman–Crippen LogP) is 6.44. The third-order valence-corrected chi connectivity index (χ3v) is 5.05. The molecule has 160 valence electrons. The van der Waals surface area contributed by atoms with E-state index in [1.807, 2.05) is 37.3 Å². The fourth-order valence-corrected chi connectivity index (χ4v) is 3.40. The first kappa shape index (κ1) is 23.2. The van der Waals surface area contributed by atoms with Gasteiger partial charge in [0.05, 0.1) is 19.8 Å². The van der Waals surface area contributed by atoms with Crippen LogP contribution in [-0.4, -0.2) is 19.2 Å². The monoisotopic (exact) mass is 400 g/mol. The van der Waals surface area contributed by atoms with Crippen molar-refractivity contribution in [3.63, 3.8) is 0 Å². The third-order valence-electron chi connectivity index (χ3n) is 5.05. The first-order valence-corrected chi connectivity index (χ1v) is 11.1. The Morgan fingerprint density at radius 2 is 1.72 bits per heavy atom. The van der Waals surface area contributed by atoms with Gasteiger partial charge in [-0.15, -0.1) is 0 Å². The van der Waals surface area contributed by atoms with Crippen LogP contribution in [0.25, 0.3) is 0 Å². The van der Waals surface area contributed by atoms with Gasteiger partial charge in [0.25, 0.3) is 0 Å². The van der Waals surface area contributed by atoms with Crippen LogP contribution in [-0.2, 0) is 27.3 Å². The van der Waals surface area contributed by atoms with Gasteiger partial charge in [0.1, 0.15) is 17.4 Å². The van der Waals surface area contributed by atoms with E-state index in [0.717, 1.165) is 36.3 Å². The molecule has 1 atom stereocenters. The maximum absolute atomic E-state index is 12.4. The summed E-state index contributed by atoms with van der Waals surface area (Å²) in [5.41, 5.74) is 1.16. The quantitative estimate of drug-likeness (QED) is 0.255. The molecular weight excluding hydrogens is 364 g/mol. The van der Waals surface area contributed by atoms with E-state index in [0.29, 0.717) is 26.2 Å².